The third-order valence-electron chi connectivity index (χ3n) is 2.77. The largest absolute Gasteiger partial charge is 0.300 e. The quantitative estimate of drug-likeness (QED) is 0.649. The zero-order valence-corrected chi connectivity index (χ0v) is 8.66. The molecule has 0 radical (unpaired) electrons. The summed E-state index contributed by atoms with van der Waals surface area (Å²) in [5.41, 5.74) is 3.00. The minimum absolute atomic E-state index is 0.634. The molecule has 0 unspecified atom stereocenters. The van der Waals surface area contributed by atoms with Crippen LogP contribution >= 0.6 is 0 Å². The van der Waals surface area contributed by atoms with Crippen LogP contribution in [-0.2, 0) is 19.5 Å². The van der Waals surface area contributed by atoms with Crippen molar-refractivity contribution in [3.05, 3.63) is 17.0 Å². The second kappa shape index (κ2) is 3.53. The lowest BCUT2D eigenvalue weighted by Gasteiger charge is -2.23. The molecule has 0 aliphatic carbocycles. The standard InChI is InChI=1S/C10H15N3O/c1-3-13-10-6-12(2)5-4-8(10)9(7-14)11-13/h7H,3-6H2,1-2H3. The number of fused-ring (bicyclic) bond motifs is 1. The maximum Gasteiger partial charge on any atom is 0.170 e. The average Bonchev–Trinajstić information content (AvgIpc) is 2.55. The van der Waals surface area contributed by atoms with Crippen LogP contribution in [0.2, 0.25) is 0 Å². The molecule has 0 spiro atoms. The number of aromatic nitrogens is 2. The van der Waals surface area contributed by atoms with Gasteiger partial charge in [-0.25, -0.2) is 0 Å². The van der Waals surface area contributed by atoms with E-state index in [9.17, 15) is 4.79 Å². The molecule has 0 N–H and O–H groups in total. The zero-order valence-electron chi connectivity index (χ0n) is 8.66. The van der Waals surface area contributed by atoms with Crippen molar-refractivity contribution in [3.63, 3.8) is 0 Å². The molecule has 76 valence electrons. The van der Waals surface area contributed by atoms with E-state index in [1.807, 2.05) is 4.68 Å². The summed E-state index contributed by atoms with van der Waals surface area (Å²) in [6.45, 7) is 4.81. The Balaban J connectivity index is 2.47. The lowest BCUT2D eigenvalue weighted by Crippen LogP contribution is -2.28. The SMILES string of the molecule is CCn1nc(C=O)c2c1CN(C)CC2. The van der Waals surface area contributed by atoms with Gasteiger partial charge in [-0.05, 0) is 20.4 Å². The highest BCUT2D eigenvalue weighted by atomic mass is 16.1. The Bertz CT molecular complexity index is 356. The van der Waals surface area contributed by atoms with Crippen LogP contribution in [0.3, 0.4) is 0 Å². The minimum Gasteiger partial charge on any atom is -0.300 e. The summed E-state index contributed by atoms with van der Waals surface area (Å²) in [6, 6.07) is 0. The van der Waals surface area contributed by atoms with Crippen molar-refractivity contribution in [1.82, 2.24) is 14.7 Å². The van der Waals surface area contributed by atoms with Gasteiger partial charge in [0.25, 0.3) is 0 Å². The number of carbonyl (C=O) groups is 1. The fourth-order valence-corrected chi connectivity index (χ4v) is 2.00. The first-order chi connectivity index (χ1) is 6.76. The molecule has 0 saturated carbocycles. The van der Waals surface area contributed by atoms with Crippen molar-refractivity contribution in [2.45, 2.75) is 26.4 Å². The number of nitrogens with zero attached hydrogens (tertiary/aromatic N) is 3. The van der Waals surface area contributed by atoms with Gasteiger partial charge in [-0.15, -0.1) is 0 Å². The van der Waals surface area contributed by atoms with Gasteiger partial charge in [0.15, 0.2) is 6.29 Å². The number of rotatable bonds is 2. The van der Waals surface area contributed by atoms with E-state index in [0.717, 1.165) is 37.9 Å². The molecule has 0 bridgehead atoms. The summed E-state index contributed by atoms with van der Waals surface area (Å²) in [5, 5.41) is 4.29. The predicted octanol–water partition coefficient (Wildman–Crippen LogP) is 0.703. The third kappa shape index (κ3) is 1.35. The number of hydrogen-bond acceptors (Lipinski definition) is 3. The second-order valence-electron chi connectivity index (χ2n) is 3.73. The van der Waals surface area contributed by atoms with E-state index in [2.05, 4.69) is 24.0 Å². The highest BCUT2D eigenvalue weighted by Gasteiger charge is 2.21. The summed E-state index contributed by atoms with van der Waals surface area (Å²) in [7, 11) is 2.09. The number of likely N-dealkylation sites (N-methyl/N-ethyl adjacent to an activating group) is 1. The van der Waals surface area contributed by atoms with E-state index < -0.39 is 0 Å². The lowest BCUT2D eigenvalue weighted by atomic mass is 10.1. The second-order valence-corrected chi connectivity index (χ2v) is 3.73. The molecule has 4 nitrogen and oxygen atoms in total. The smallest absolute Gasteiger partial charge is 0.170 e. The Kier molecular flexibility index (Phi) is 2.37. The van der Waals surface area contributed by atoms with Crippen LogP contribution in [0.1, 0.15) is 28.7 Å². The van der Waals surface area contributed by atoms with E-state index in [4.69, 9.17) is 0 Å². The van der Waals surface area contributed by atoms with E-state index in [0.29, 0.717) is 5.69 Å². The first-order valence-corrected chi connectivity index (χ1v) is 4.98. The molecule has 14 heavy (non-hydrogen) atoms. The summed E-state index contributed by atoms with van der Waals surface area (Å²) in [6.07, 6.45) is 1.82. The average molecular weight is 193 g/mol. The monoisotopic (exact) mass is 193 g/mol. The Morgan fingerprint density at radius 2 is 2.36 bits per heavy atom. The van der Waals surface area contributed by atoms with Gasteiger partial charge < -0.3 is 4.90 Å². The highest BCUT2D eigenvalue weighted by molar-refractivity contribution is 5.74. The molecular weight excluding hydrogens is 178 g/mol. The van der Waals surface area contributed by atoms with E-state index in [1.54, 1.807) is 0 Å². The molecule has 1 aromatic heterocycles. The Morgan fingerprint density at radius 3 is 3.00 bits per heavy atom. The number of carbonyl (C=O) groups excluding carboxylic acids is 1. The molecule has 2 rings (SSSR count). The molecule has 1 aliphatic rings. The van der Waals surface area contributed by atoms with Crippen LogP contribution in [0.25, 0.3) is 0 Å². The molecule has 2 heterocycles. The lowest BCUT2D eigenvalue weighted by molar-refractivity contribution is 0.111. The summed E-state index contributed by atoms with van der Waals surface area (Å²) < 4.78 is 1.94. The van der Waals surface area contributed by atoms with Crippen LogP contribution in [0.15, 0.2) is 0 Å². The van der Waals surface area contributed by atoms with Crippen LogP contribution in [-0.4, -0.2) is 34.6 Å². The number of aryl methyl sites for hydroxylation is 1. The van der Waals surface area contributed by atoms with Crippen molar-refractivity contribution >= 4 is 6.29 Å². The van der Waals surface area contributed by atoms with Gasteiger partial charge >= 0.3 is 0 Å². The summed E-state index contributed by atoms with van der Waals surface area (Å²) in [5.74, 6) is 0. The van der Waals surface area contributed by atoms with Gasteiger partial charge in [0.1, 0.15) is 5.69 Å². The van der Waals surface area contributed by atoms with Crippen LogP contribution in [0.5, 0.6) is 0 Å². The van der Waals surface area contributed by atoms with Crippen LogP contribution in [0, 0.1) is 0 Å². The fraction of sp³-hybridized carbons (Fsp3) is 0.600. The molecule has 0 fully saturated rings. The normalized spacial score (nSPS) is 16.7. The van der Waals surface area contributed by atoms with Crippen LogP contribution < -0.4 is 0 Å². The minimum atomic E-state index is 0.634. The molecule has 0 atom stereocenters. The van der Waals surface area contributed by atoms with Crippen molar-refractivity contribution in [1.29, 1.82) is 0 Å². The van der Waals surface area contributed by atoms with Gasteiger partial charge in [-0.1, -0.05) is 0 Å². The molecule has 0 amide bonds. The Hall–Kier alpha value is -1.16. The maximum atomic E-state index is 10.8. The first-order valence-electron chi connectivity index (χ1n) is 4.98. The zero-order chi connectivity index (χ0) is 10.1. The molecule has 0 aromatic carbocycles. The van der Waals surface area contributed by atoms with Crippen molar-refractivity contribution < 1.29 is 4.79 Å². The fourth-order valence-electron chi connectivity index (χ4n) is 2.00. The van der Waals surface area contributed by atoms with E-state index in [-0.39, 0.29) is 0 Å². The molecule has 4 heteroatoms. The third-order valence-corrected chi connectivity index (χ3v) is 2.77. The van der Waals surface area contributed by atoms with Crippen molar-refractivity contribution in [2.75, 3.05) is 13.6 Å². The van der Waals surface area contributed by atoms with Gasteiger partial charge in [0.2, 0.25) is 0 Å². The van der Waals surface area contributed by atoms with E-state index in [1.165, 1.54) is 5.69 Å². The summed E-state index contributed by atoms with van der Waals surface area (Å²) in [4.78, 5) is 13.1. The van der Waals surface area contributed by atoms with Crippen molar-refractivity contribution in [3.8, 4) is 0 Å². The van der Waals surface area contributed by atoms with E-state index >= 15 is 0 Å². The maximum absolute atomic E-state index is 10.8. The number of aldehydes is 1. The van der Waals surface area contributed by atoms with Gasteiger partial charge in [-0.3, -0.25) is 9.48 Å². The predicted molar refractivity (Wildman–Crippen MR) is 53.3 cm³/mol. The Labute approximate surface area is 83.5 Å². The molecule has 1 aliphatic heterocycles. The molecule has 1 aromatic rings. The first kappa shape index (κ1) is 9.40. The van der Waals surface area contributed by atoms with Gasteiger partial charge in [0.05, 0.1) is 5.69 Å². The Morgan fingerprint density at radius 1 is 1.57 bits per heavy atom. The van der Waals surface area contributed by atoms with Crippen molar-refractivity contribution in [2.24, 2.45) is 0 Å². The number of hydrogen-bond donors (Lipinski definition) is 0. The summed E-state index contributed by atoms with van der Waals surface area (Å²) >= 11 is 0. The molecular formula is C10H15N3O. The van der Waals surface area contributed by atoms with Crippen LogP contribution in [0.4, 0.5) is 0 Å². The highest BCUT2D eigenvalue weighted by Crippen LogP contribution is 2.20. The topological polar surface area (TPSA) is 38.1 Å². The molecule has 0 saturated heterocycles. The van der Waals surface area contributed by atoms with Gasteiger partial charge in [0, 0.05) is 25.2 Å². The van der Waals surface area contributed by atoms with Gasteiger partial charge in [-0.2, -0.15) is 5.10 Å².